The van der Waals surface area contributed by atoms with Gasteiger partial charge in [0.1, 0.15) is 0 Å². The van der Waals surface area contributed by atoms with Gasteiger partial charge in [0.25, 0.3) is 0 Å². The number of ether oxygens (including phenoxy) is 4. The van der Waals surface area contributed by atoms with Gasteiger partial charge in [-0.3, -0.25) is 0 Å². The monoisotopic (exact) mass is 1360 g/mol. The van der Waals surface area contributed by atoms with Gasteiger partial charge in [0.2, 0.25) is 0 Å². The van der Waals surface area contributed by atoms with Gasteiger partial charge >= 0.3 is 0 Å². The maximum atomic E-state index is 6.02. The number of fused-ring (bicyclic) bond motifs is 24. The first-order valence-electron chi connectivity index (χ1n) is 36.9. The first-order chi connectivity index (χ1) is 51.2. The van der Waals surface area contributed by atoms with Crippen LogP contribution in [0.1, 0.15) is 125 Å². The van der Waals surface area contributed by atoms with Crippen LogP contribution >= 0.6 is 0 Å². The second-order valence-electron chi connectivity index (χ2n) is 29.5. The van der Waals surface area contributed by atoms with E-state index in [0.717, 1.165) is 58.6 Å². The SMILES string of the molecule is CCc1ccc2c(c1)C1(c3cc(Nc4ccc(C5(c6ccc(C)cc6)c6ccccc6-c6ccccc65)cc4)ccc3-c3cc(C)c(C)cc31)c1cc(OC)c(OC)cc1-2.CCc1ccc2c(c1)C1(c3cc(Nc4cccc5c(C)cccc45)ccc3-c3cc(C)c(C)cc31)c1cc(OC)c(OC)cc1-2. The third kappa shape index (κ3) is 9.40. The maximum absolute atomic E-state index is 6.02. The van der Waals surface area contributed by atoms with Crippen molar-refractivity contribution in [2.45, 2.75) is 84.5 Å². The Morgan fingerprint density at radius 3 is 1.11 bits per heavy atom. The van der Waals surface area contributed by atoms with Gasteiger partial charge in [0.05, 0.1) is 44.7 Å². The van der Waals surface area contributed by atoms with Gasteiger partial charge in [-0.05, 0) is 288 Å². The fraction of sp³-hybridized carbons (Fsp3) is 0.172. The topological polar surface area (TPSA) is 61.0 Å². The van der Waals surface area contributed by atoms with Gasteiger partial charge in [-0.1, -0.05) is 207 Å². The Bertz CT molecular complexity index is 5910. The van der Waals surface area contributed by atoms with E-state index >= 15 is 0 Å². The van der Waals surface area contributed by atoms with Crippen molar-refractivity contribution in [1.82, 2.24) is 0 Å². The normalized spacial score (nSPS) is 15.7. The number of anilines is 4. The van der Waals surface area contributed by atoms with E-state index in [1.165, 1.54) is 178 Å². The summed E-state index contributed by atoms with van der Waals surface area (Å²) >= 11 is 0. The van der Waals surface area contributed by atoms with Gasteiger partial charge in [-0.25, -0.2) is 0 Å². The number of rotatable bonds is 12. The third-order valence-electron chi connectivity index (χ3n) is 24.2. The number of hydrogen-bond donors (Lipinski definition) is 2. The minimum Gasteiger partial charge on any atom is -0.493 e. The van der Waals surface area contributed by atoms with Crippen molar-refractivity contribution < 1.29 is 18.9 Å². The van der Waals surface area contributed by atoms with Crippen LogP contribution in [0.2, 0.25) is 0 Å². The summed E-state index contributed by atoms with van der Waals surface area (Å²) in [7, 11) is 6.90. The van der Waals surface area contributed by atoms with Crippen LogP contribution in [-0.2, 0) is 29.1 Å². The molecule has 6 nitrogen and oxygen atoms in total. The zero-order valence-corrected chi connectivity index (χ0v) is 61.8. The van der Waals surface area contributed by atoms with Gasteiger partial charge in [-0.2, -0.15) is 0 Å². The van der Waals surface area contributed by atoms with E-state index < -0.39 is 16.2 Å². The molecule has 5 aliphatic carbocycles. The smallest absolute Gasteiger partial charge is 0.161 e. The average Bonchev–Trinajstić information content (AvgIpc) is 1.51. The van der Waals surface area contributed by atoms with Crippen LogP contribution in [-0.4, -0.2) is 28.4 Å². The average molecular weight is 1370 g/mol. The highest BCUT2D eigenvalue weighted by Crippen LogP contribution is 2.67. The molecule has 0 radical (unpaired) electrons. The van der Waals surface area contributed by atoms with E-state index in [0.29, 0.717) is 0 Å². The molecule has 2 atom stereocenters. The number of hydrogen-bond acceptors (Lipinski definition) is 6. The van der Waals surface area contributed by atoms with Crippen molar-refractivity contribution in [1.29, 1.82) is 0 Å². The Balaban J connectivity index is 0.000000156. The molecule has 105 heavy (non-hydrogen) atoms. The lowest BCUT2D eigenvalue weighted by Crippen LogP contribution is -2.28. The van der Waals surface area contributed by atoms with Crippen LogP contribution in [0, 0.1) is 41.5 Å². The van der Waals surface area contributed by atoms with Gasteiger partial charge < -0.3 is 29.6 Å². The molecule has 0 saturated heterocycles. The van der Waals surface area contributed by atoms with E-state index in [9.17, 15) is 0 Å². The number of aryl methyl sites for hydroxylation is 8. The molecule has 0 aliphatic heterocycles. The van der Waals surface area contributed by atoms with E-state index in [1.807, 2.05) is 0 Å². The molecule has 0 saturated carbocycles. The summed E-state index contributed by atoms with van der Waals surface area (Å²) < 4.78 is 23.7. The zero-order chi connectivity index (χ0) is 71.9. The largest absolute Gasteiger partial charge is 0.493 e. The molecule has 0 heterocycles. The predicted octanol–water partition coefficient (Wildman–Crippen LogP) is 24.1. The highest BCUT2D eigenvalue weighted by molar-refractivity contribution is 6.01. The Kier molecular flexibility index (Phi) is 15.3. The van der Waals surface area contributed by atoms with Crippen LogP contribution in [0.3, 0.4) is 0 Å². The number of methoxy groups -OCH3 is 4. The molecule has 0 bridgehead atoms. The number of benzene rings is 14. The highest BCUT2D eigenvalue weighted by atomic mass is 16.5. The zero-order valence-electron chi connectivity index (χ0n) is 61.8. The molecule has 0 aromatic heterocycles. The molecule has 2 unspecified atom stereocenters. The minimum absolute atomic E-state index is 0.439. The van der Waals surface area contributed by atoms with Crippen molar-refractivity contribution in [2.24, 2.45) is 0 Å². The fourth-order valence-electron chi connectivity index (χ4n) is 18.8. The van der Waals surface area contributed by atoms with Crippen molar-refractivity contribution in [2.75, 3.05) is 39.1 Å². The predicted molar refractivity (Wildman–Crippen MR) is 433 cm³/mol. The second-order valence-corrected chi connectivity index (χ2v) is 29.5. The van der Waals surface area contributed by atoms with Crippen molar-refractivity contribution in [3.63, 3.8) is 0 Å². The van der Waals surface area contributed by atoms with Gasteiger partial charge in [-0.15, -0.1) is 0 Å². The Labute approximate surface area is 617 Å². The lowest BCUT2D eigenvalue weighted by Gasteiger charge is -2.34. The van der Waals surface area contributed by atoms with E-state index in [4.69, 9.17) is 18.9 Å². The molecule has 514 valence electrons. The van der Waals surface area contributed by atoms with Crippen molar-refractivity contribution >= 4 is 33.5 Å². The van der Waals surface area contributed by atoms with Gasteiger partial charge in [0, 0.05) is 28.1 Å². The Morgan fingerprint density at radius 1 is 0.257 bits per heavy atom. The summed E-state index contributed by atoms with van der Waals surface area (Å²) in [6, 6.07) is 95.7. The molecule has 19 rings (SSSR count). The summed E-state index contributed by atoms with van der Waals surface area (Å²) in [5, 5.41) is 10.2. The van der Waals surface area contributed by atoms with Crippen molar-refractivity contribution in [3.05, 3.63) is 366 Å². The maximum Gasteiger partial charge on any atom is 0.161 e. The summed E-state index contributed by atoms with van der Waals surface area (Å²) in [6.07, 6.45) is 1.93. The van der Waals surface area contributed by atoms with Crippen LogP contribution in [0.15, 0.2) is 255 Å². The van der Waals surface area contributed by atoms with E-state index in [-0.39, 0.29) is 0 Å². The molecule has 0 amide bonds. The summed E-state index contributed by atoms with van der Waals surface area (Å²) in [6.45, 7) is 17.7. The van der Waals surface area contributed by atoms with E-state index in [1.54, 1.807) is 28.4 Å². The summed E-state index contributed by atoms with van der Waals surface area (Å²) in [5.74, 6) is 2.98. The summed E-state index contributed by atoms with van der Waals surface area (Å²) in [4.78, 5) is 0. The third-order valence-corrected chi connectivity index (χ3v) is 24.2. The lowest BCUT2D eigenvalue weighted by molar-refractivity contribution is 0.354. The lowest BCUT2D eigenvalue weighted by atomic mass is 9.67. The second kappa shape index (κ2) is 24.7. The molecule has 0 fully saturated rings. The molecule has 6 heteroatoms. The Hall–Kier alpha value is -11.9. The minimum atomic E-state index is -0.538. The molecule has 5 aliphatic rings. The fourth-order valence-corrected chi connectivity index (χ4v) is 18.8. The van der Waals surface area contributed by atoms with Crippen LogP contribution in [0.5, 0.6) is 23.0 Å². The van der Waals surface area contributed by atoms with Gasteiger partial charge in [0.15, 0.2) is 23.0 Å². The molecular weight excluding hydrogens is 1280 g/mol. The molecular formula is C99H84N2O4. The van der Waals surface area contributed by atoms with Crippen LogP contribution in [0.4, 0.5) is 22.7 Å². The molecule has 14 aromatic rings. The standard InChI is InChI=1S/C57H47NO2.C42H37NO2/c1-7-37-18-26-44-47-32-54(59-5)55(60-6)33-53(47)57(51(44)30-37)50-29-36(4)35(3)28-46(50)45-27-25-41(31-52(45)57)58-40-23-21-39(22-24-40)56(38-19-16-34(2)17-20-38)48-14-10-8-12-42(48)43-13-9-11-15-49(43)56;1-7-27-14-16-30-34-22-40(44-5)41(45-6)23-38(34)42(36(30)20-27)35-19-26(4)25(3)18-33(35)31-17-15-28(21-37(31)42)43-39-13-9-11-29-24(2)10-8-12-32(29)39/h8-33,58H,7H2,1-6H3;8-23,43H,7H2,1-6H3. The first-order valence-corrected chi connectivity index (χ1v) is 36.9. The quantitative estimate of drug-likeness (QED) is 0.127. The molecule has 2 N–H and O–H groups in total. The molecule has 2 spiro atoms. The Morgan fingerprint density at radius 2 is 0.629 bits per heavy atom. The molecule has 14 aromatic carbocycles. The van der Waals surface area contributed by atoms with Crippen molar-refractivity contribution in [3.8, 4) is 78.6 Å². The summed E-state index contributed by atoms with van der Waals surface area (Å²) in [5.41, 5.74) is 41.3. The number of nitrogens with one attached hydrogen (secondary N) is 2. The highest BCUT2D eigenvalue weighted by Gasteiger charge is 2.55. The van der Waals surface area contributed by atoms with E-state index in [2.05, 4.69) is 321 Å². The van der Waals surface area contributed by atoms with Crippen LogP contribution in [0.25, 0.3) is 66.4 Å². The first kappa shape index (κ1) is 65.2. The van der Waals surface area contributed by atoms with Crippen LogP contribution < -0.4 is 29.6 Å².